The lowest BCUT2D eigenvalue weighted by Gasteiger charge is -2.19. The first-order valence-corrected chi connectivity index (χ1v) is 9.03. The Morgan fingerprint density at radius 1 is 1.27 bits per heavy atom. The van der Waals surface area contributed by atoms with Crippen LogP contribution < -0.4 is 10.6 Å². The van der Waals surface area contributed by atoms with E-state index in [1.54, 1.807) is 0 Å². The molecule has 3 rings (SSSR count). The van der Waals surface area contributed by atoms with Crippen molar-refractivity contribution in [2.45, 2.75) is 39.3 Å². The van der Waals surface area contributed by atoms with E-state index in [0.29, 0.717) is 6.54 Å². The van der Waals surface area contributed by atoms with Crippen LogP contribution in [0, 0.1) is 0 Å². The van der Waals surface area contributed by atoms with Crippen LogP contribution in [0.3, 0.4) is 0 Å². The second-order valence-corrected chi connectivity index (χ2v) is 6.42. The topological polar surface area (TPSA) is 66.4 Å². The molecule has 7 heteroatoms. The number of carbonyl (C=O) groups is 2. The second-order valence-electron chi connectivity index (χ2n) is 6.42. The molecule has 1 atom stereocenters. The maximum absolute atomic E-state index is 12.3. The molecule has 1 aromatic carbocycles. The van der Waals surface area contributed by atoms with Gasteiger partial charge in [-0.3, -0.25) is 9.59 Å². The summed E-state index contributed by atoms with van der Waals surface area (Å²) in [6.45, 7) is 6.66. The zero-order valence-corrected chi connectivity index (χ0v) is 16.1. The molecule has 6 nitrogen and oxygen atoms in total. The molecule has 1 saturated heterocycles. The van der Waals surface area contributed by atoms with Crippen molar-refractivity contribution in [3.05, 3.63) is 30.5 Å². The third kappa shape index (κ3) is 4.37. The van der Waals surface area contributed by atoms with E-state index in [1.807, 2.05) is 53.8 Å². The van der Waals surface area contributed by atoms with Gasteiger partial charge in [-0.1, -0.05) is 0 Å². The van der Waals surface area contributed by atoms with Crippen LogP contribution in [0.5, 0.6) is 0 Å². The summed E-state index contributed by atoms with van der Waals surface area (Å²) < 4.78 is 1.96. The Labute approximate surface area is 160 Å². The molecule has 2 N–H and O–H groups in total. The monoisotopic (exact) mass is 378 g/mol. The first kappa shape index (κ1) is 20.3. The molecular formula is C19H27ClN4O2. The highest BCUT2D eigenvalue weighted by molar-refractivity contribution is 5.97. The Morgan fingerprint density at radius 3 is 2.69 bits per heavy atom. The number of fused-ring (bicyclic) bond motifs is 1. The van der Waals surface area contributed by atoms with Gasteiger partial charge in [0.25, 0.3) is 0 Å². The molecule has 1 unspecified atom stereocenters. The van der Waals surface area contributed by atoms with Crippen LogP contribution in [0.15, 0.2) is 30.5 Å². The maximum atomic E-state index is 12.3. The average Bonchev–Trinajstić information content (AvgIpc) is 3.26. The zero-order valence-electron chi connectivity index (χ0n) is 15.3. The quantitative estimate of drug-likeness (QED) is 0.812. The fourth-order valence-corrected chi connectivity index (χ4v) is 3.38. The molecule has 1 aliphatic heterocycles. The molecule has 1 aliphatic rings. The Morgan fingerprint density at radius 2 is 2.04 bits per heavy atom. The highest BCUT2D eigenvalue weighted by atomic mass is 35.5. The molecule has 0 aliphatic carbocycles. The van der Waals surface area contributed by atoms with Crippen molar-refractivity contribution >= 4 is 40.8 Å². The minimum atomic E-state index is -0.0908. The number of amides is 2. The van der Waals surface area contributed by atoms with Gasteiger partial charge < -0.3 is 20.1 Å². The summed E-state index contributed by atoms with van der Waals surface area (Å²) >= 11 is 0. The first-order valence-electron chi connectivity index (χ1n) is 9.03. The van der Waals surface area contributed by atoms with E-state index in [1.165, 1.54) is 0 Å². The number of anilines is 1. The molecule has 142 valence electrons. The van der Waals surface area contributed by atoms with Crippen LogP contribution >= 0.6 is 12.4 Å². The molecule has 2 heterocycles. The smallest absolute Gasteiger partial charge is 0.242 e. The fraction of sp³-hybridized carbons (Fsp3) is 0.474. The van der Waals surface area contributed by atoms with E-state index in [9.17, 15) is 9.59 Å². The summed E-state index contributed by atoms with van der Waals surface area (Å²) in [6, 6.07) is 7.71. The minimum Gasteiger partial charge on any atom is -0.342 e. The van der Waals surface area contributed by atoms with Crippen LogP contribution in [0.25, 0.3) is 10.9 Å². The lowest BCUT2D eigenvalue weighted by Crippen LogP contribution is -2.35. The van der Waals surface area contributed by atoms with Crippen molar-refractivity contribution in [3.8, 4) is 0 Å². The van der Waals surface area contributed by atoms with Gasteiger partial charge >= 0.3 is 0 Å². The van der Waals surface area contributed by atoms with Crippen molar-refractivity contribution in [2.24, 2.45) is 0 Å². The minimum absolute atomic E-state index is 0. The number of rotatable bonds is 6. The van der Waals surface area contributed by atoms with E-state index in [4.69, 9.17) is 0 Å². The van der Waals surface area contributed by atoms with Crippen LogP contribution in [-0.2, 0) is 16.1 Å². The van der Waals surface area contributed by atoms with Gasteiger partial charge in [0.2, 0.25) is 11.8 Å². The largest absolute Gasteiger partial charge is 0.342 e. The molecule has 0 radical (unpaired) electrons. The lowest BCUT2D eigenvalue weighted by atomic mass is 10.2. The molecule has 0 bridgehead atoms. The summed E-state index contributed by atoms with van der Waals surface area (Å²) in [6.07, 6.45) is 3.86. The number of aromatic nitrogens is 1. The van der Waals surface area contributed by atoms with E-state index >= 15 is 0 Å². The summed E-state index contributed by atoms with van der Waals surface area (Å²) in [5, 5.41) is 7.20. The van der Waals surface area contributed by atoms with Gasteiger partial charge in [0.15, 0.2) is 0 Å². The normalized spacial score (nSPS) is 16.3. The average molecular weight is 379 g/mol. The van der Waals surface area contributed by atoms with Gasteiger partial charge in [-0.05, 0) is 57.5 Å². The lowest BCUT2D eigenvalue weighted by molar-refractivity contribution is -0.131. The van der Waals surface area contributed by atoms with Crippen LogP contribution in [0.1, 0.15) is 26.7 Å². The highest BCUT2D eigenvalue weighted by Gasteiger charge is 2.22. The fourth-order valence-electron chi connectivity index (χ4n) is 3.38. The summed E-state index contributed by atoms with van der Waals surface area (Å²) in [7, 11) is 0. The SMILES string of the molecule is CCN(CC)C(=O)Cn1ccc2cc(NC(=O)C3CCCN3)ccc21.Cl. The number of hydrogen-bond donors (Lipinski definition) is 2. The number of hydrogen-bond acceptors (Lipinski definition) is 3. The second kappa shape index (κ2) is 9.05. The number of nitrogens with one attached hydrogen (secondary N) is 2. The van der Waals surface area contributed by atoms with Gasteiger partial charge in [0, 0.05) is 35.9 Å². The van der Waals surface area contributed by atoms with Crippen LogP contribution in [0.4, 0.5) is 5.69 Å². The molecule has 1 aromatic heterocycles. The number of carbonyl (C=O) groups excluding carboxylic acids is 2. The van der Waals surface area contributed by atoms with Gasteiger partial charge in [-0.25, -0.2) is 0 Å². The van der Waals surface area contributed by atoms with Crippen molar-refractivity contribution in [1.29, 1.82) is 0 Å². The van der Waals surface area contributed by atoms with Gasteiger partial charge in [-0.15, -0.1) is 12.4 Å². The molecule has 1 fully saturated rings. The number of halogens is 1. The van der Waals surface area contributed by atoms with Gasteiger partial charge in [-0.2, -0.15) is 0 Å². The molecule has 2 aromatic rings. The van der Waals surface area contributed by atoms with E-state index in [2.05, 4.69) is 10.6 Å². The Bertz CT molecular complexity index is 764. The highest BCUT2D eigenvalue weighted by Crippen LogP contribution is 2.21. The molecule has 0 spiro atoms. The summed E-state index contributed by atoms with van der Waals surface area (Å²) in [4.78, 5) is 26.4. The number of benzene rings is 1. The standard InChI is InChI=1S/C19H26N4O2.ClH/c1-3-22(4-2)18(24)13-23-11-9-14-12-15(7-8-17(14)23)21-19(25)16-6-5-10-20-16;/h7-9,11-12,16,20H,3-6,10,13H2,1-2H3,(H,21,25);1H. The molecule has 2 amide bonds. The first-order chi connectivity index (χ1) is 12.1. The molecular weight excluding hydrogens is 352 g/mol. The van der Waals surface area contributed by atoms with Crippen molar-refractivity contribution in [3.63, 3.8) is 0 Å². The maximum Gasteiger partial charge on any atom is 0.242 e. The van der Waals surface area contributed by atoms with E-state index in [0.717, 1.165) is 49.1 Å². The van der Waals surface area contributed by atoms with Crippen molar-refractivity contribution in [1.82, 2.24) is 14.8 Å². The van der Waals surface area contributed by atoms with Crippen molar-refractivity contribution < 1.29 is 9.59 Å². The van der Waals surface area contributed by atoms with Gasteiger partial charge in [0.05, 0.1) is 6.04 Å². The number of likely N-dealkylation sites (N-methyl/N-ethyl adjacent to an activating group) is 1. The third-order valence-electron chi connectivity index (χ3n) is 4.84. The Balaban J connectivity index is 0.00000243. The Kier molecular flexibility index (Phi) is 7.06. The van der Waals surface area contributed by atoms with Gasteiger partial charge in [0.1, 0.15) is 6.54 Å². The summed E-state index contributed by atoms with van der Waals surface area (Å²) in [5.74, 6) is 0.139. The predicted molar refractivity (Wildman–Crippen MR) is 107 cm³/mol. The predicted octanol–water partition coefficient (Wildman–Crippen LogP) is 2.62. The van der Waals surface area contributed by atoms with Crippen molar-refractivity contribution in [2.75, 3.05) is 25.0 Å². The van der Waals surface area contributed by atoms with Crippen LogP contribution in [-0.4, -0.2) is 47.0 Å². The number of nitrogens with zero attached hydrogens (tertiary/aromatic N) is 2. The molecule has 0 saturated carbocycles. The molecule has 26 heavy (non-hydrogen) atoms. The zero-order chi connectivity index (χ0) is 17.8. The van der Waals surface area contributed by atoms with Crippen LogP contribution in [0.2, 0.25) is 0 Å². The Hall–Kier alpha value is -2.05. The van der Waals surface area contributed by atoms with E-state index in [-0.39, 0.29) is 30.3 Å². The summed E-state index contributed by atoms with van der Waals surface area (Å²) in [5.41, 5.74) is 1.79. The third-order valence-corrected chi connectivity index (χ3v) is 4.84. The van der Waals surface area contributed by atoms with E-state index < -0.39 is 0 Å².